The molecule has 1 fully saturated rings. The van der Waals surface area contributed by atoms with E-state index in [1.54, 1.807) is 7.11 Å². The summed E-state index contributed by atoms with van der Waals surface area (Å²) in [5.74, 6) is 0.660. The summed E-state index contributed by atoms with van der Waals surface area (Å²) in [5, 5.41) is 12.0. The minimum atomic E-state index is -0.0140. The summed E-state index contributed by atoms with van der Waals surface area (Å²) in [6.07, 6.45) is 3.78. The monoisotopic (exact) mass is 229 g/mol. The topological polar surface area (TPSA) is 58.6 Å². The molecule has 1 aliphatic rings. The number of carbonyl (C=O) groups is 1. The van der Waals surface area contributed by atoms with Crippen molar-refractivity contribution >= 4 is 5.91 Å². The normalized spacial score (nSPS) is 19.2. The zero-order valence-electron chi connectivity index (χ0n) is 10.2. The number of carbonyl (C=O) groups excluding carboxylic acids is 1. The Bertz CT molecular complexity index is 216. The number of methoxy groups -OCH3 is 1. The minimum Gasteiger partial charge on any atom is -0.396 e. The Balaban J connectivity index is 2.29. The van der Waals surface area contributed by atoms with Crippen LogP contribution >= 0.6 is 0 Å². The Morgan fingerprint density at radius 3 is 2.69 bits per heavy atom. The summed E-state index contributed by atoms with van der Waals surface area (Å²) >= 11 is 0. The van der Waals surface area contributed by atoms with E-state index < -0.39 is 0 Å². The smallest absolute Gasteiger partial charge is 0.223 e. The third kappa shape index (κ3) is 4.49. The third-order valence-electron chi connectivity index (χ3n) is 3.16. The number of ether oxygens (including phenoxy) is 1. The molecule has 2 N–H and O–H groups in total. The number of hydrogen-bond donors (Lipinski definition) is 2. The zero-order chi connectivity index (χ0) is 12.0. The van der Waals surface area contributed by atoms with Crippen LogP contribution in [0.4, 0.5) is 0 Å². The molecule has 1 amide bonds. The van der Waals surface area contributed by atoms with Gasteiger partial charge >= 0.3 is 0 Å². The summed E-state index contributed by atoms with van der Waals surface area (Å²) in [6.45, 7) is 2.67. The van der Waals surface area contributed by atoms with Crippen LogP contribution in [0, 0.1) is 11.8 Å². The van der Waals surface area contributed by atoms with Gasteiger partial charge in [-0.05, 0) is 31.6 Å². The maximum atomic E-state index is 11.8. The van der Waals surface area contributed by atoms with E-state index in [-0.39, 0.29) is 24.5 Å². The van der Waals surface area contributed by atoms with E-state index in [2.05, 4.69) is 5.32 Å². The van der Waals surface area contributed by atoms with Gasteiger partial charge in [-0.3, -0.25) is 4.79 Å². The number of rotatable bonds is 8. The SMILES string of the molecule is COCCC(C)C(=O)NC(CCO)C1CC1. The Morgan fingerprint density at radius 2 is 2.19 bits per heavy atom. The molecule has 4 nitrogen and oxygen atoms in total. The lowest BCUT2D eigenvalue weighted by Crippen LogP contribution is -2.40. The van der Waals surface area contributed by atoms with Crippen LogP contribution in [0.15, 0.2) is 0 Å². The van der Waals surface area contributed by atoms with E-state index in [1.807, 2.05) is 6.92 Å². The summed E-state index contributed by atoms with van der Waals surface area (Å²) in [7, 11) is 1.64. The zero-order valence-corrected chi connectivity index (χ0v) is 10.2. The lowest BCUT2D eigenvalue weighted by atomic mass is 10.0. The molecule has 0 aromatic heterocycles. The van der Waals surface area contributed by atoms with E-state index >= 15 is 0 Å². The quantitative estimate of drug-likeness (QED) is 0.651. The Morgan fingerprint density at radius 1 is 1.50 bits per heavy atom. The molecule has 1 saturated carbocycles. The van der Waals surface area contributed by atoms with Crippen LogP contribution in [0.5, 0.6) is 0 Å². The van der Waals surface area contributed by atoms with Crippen molar-refractivity contribution in [3.63, 3.8) is 0 Å². The van der Waals surface area contributed by atoms with Crippen LogP contribution in [-0.2, 0) is 9.53 Å². The lowest BCUT2D eigenvalue weighted by Gasteiger charge is -2.20. The van der Waals surface area contributed by atoms with Crippen LogP contribution in [0.2, 0.25) is 0 Å². The van der Waals surface area contributed by atoms with E-state index in [9.17, 15) is 4.79 Å². The highest BCUT2D eigenvalue weighted by molar-refractivity contribution is 5.78. The van der Waals surface area contributed by atoms with Crippen molar-refractivity contribution in [2.45, 2.75) is 38.6 Å². The van der Waals surface area contributed by atoms with Crippen LogP contribution in [-0.4, -0.2) is 37.4 Å². The maximum absolute atomic E-state index is 11.8. The first-order chi connectivity index (χ1) is 7.69. The van der Waals surface area contributed by atoms with Crippen LogP contribution in [0.25, 0.3) is 0 Å². The van der Waals surface area contributed by atoms with Gasteiger partial charge in [-0.2, -0.15) is 0 Å². The molecular weight excluding hydrogens is 206 g/mol. The fourth-order valence-corrected chi connectivity index (χ4v) is 1.81. The molecule has 2 unspecified atom stereocenters. The Hall–Kier alpha value is -0.610. The molecule has 2 atom stereocenters. The first-order valence-corrected chi connectivity index (χ1v) is 6.09. The predicted octanol–water partition coefficient (Wildman–Crippen LogP) is 0.936. The first kappa shape index (κ1) is 13.5. The molecule has 0 saturated heterocycles. The van der Waals surface area contributed by atoms with Gasteiger partial charge in [-0.15, -0.1) is 0 Å². The highest BCUT2D eigenvalue weighted by Gasteiger charge is 2.32. The molecule has 16 heavy (non-hydrogen) atoms. The number of amides is 1. The minimum absolute atomic E-state index is 0.0140. The molecule has 4 heteroatoms. The van der Waals surface area contributed by atoms with E-state index in [1.165, 1.54) is 12.8 Å². The summed E-state index contributed by atoms with van der Waals surface area (Å²) in [4.78, 5) is 11.8. The number of aliphatic hydroxyl groups excluding tert-OH is 1. The highest BCUT2D eigenvalue weighted by Crippen LogP contribution is 2.34. The maximum Gasteiger partial charge on any atom is 0.223 e. The van der Waals surface area contributed by atoms with Crippen LogP contribution in [0.3, 0.4) is 0 Å². The molecule has 0 aliphatic heterocycles. The highest BCUT2D eigenvalue weighted by atomic mass is 16.5. The van der Waals surface area contributed by atoms with Gasteiger partial charge < -0.3 is 15.2 Å². The van der Waals surface area contributed by atoms with Crippen molar-refractivity contribution in [2.24, 2.45) is 11.8 Å². The number of nitrogens with one attached hydrogen (secondary N) is 1. The summed E-state index contributed by atoms with van der Waals surface area (Å²) < 4.78 is 4.95. The molecular formula is C12H23NO3. The second-order valence-corrected chi connectivity index (χ2v) is 4.65. The first-order valence-electron chi connectivity index (χ1n) is 6.09. The van der Waals surface area contributed by atoms with Crippen molar-refractivity contribution < 1.29 is 14.6 Å². The fourth-order valence-electron chi connectivity index (χ4n) is 1.81. The van der Waals surface area contributed by atoms with Gasteiger partial charge in [-0.1, -0.05) is 6.92 Å². The number of aliphatic hydroxyl groups is 1. The van der Waals surface area contributed by atoms with Crippen molar-refractivity contribution in [2.75, 3.05) is 20.3 Å². The van der Waals surface area contributed by atoms with Gasteiger partial charge in [0.05, 0.1) is 0 Å². The second-order valence-electron chi connectivity index (χ2n) is 4.65. The summed E-state index contributed by atoms with van der Waals surface area (Å²) in [6, 6.07) is 0.169. The Kier molecular flexibility index (Phi) is 5.77. The van der Waals surface area contributed by atoms with Gasteiger partial charge in [0.15, 0.2) is 0 Å². The van der Waals surface area contributed by atoms with Gasteiger partial charge in [-0.25, -0.2) is 0 Å². The van der Waals surface area contributed by atoms with Gasteiger partial charge in [0.25, 0.3) is 0 Å². The molecule has 0 aromatic carbocycles. The van der Waals surface area contributed by atoms with Gasteiger partial charge in [0, 0.05) is 32.3 Å². The molecule has 0 radical (unpaired) electrons. The van der Waals surface area contributed by atoms with E-state index in [0.29, 0.717) is 18.9 Å². The standard InChI is InChI=1S/C12H23NO3/c1-9(6-8-16-2)12(15)13-11(5-7-14)10-3-4-10/h9-11,14H,3-8H2,1-2H3,(H,13,15). The van der Waals surface area contributed by atoms with Crippen LogP contribution in [0.1, 0.15) is 32.6 Å². The Labute approximate surface area is 97.4 Å². The van der Waals surface area contributed by atoms with Crippen molar-refractivity contribution in [3.8, 4) is 0 Å². The third-order valence-corrected chi connectivity index (χ3v) is 3.16. The molecule has 94 valence electrons. The average molecular weight is 229 g/mol. The van der Waals surface area contributed by atoms with Gasteiger partial charge in [0.1, 0.15) is 0 Å². The van der Waals surface area contributed by atoms with Crippen molar-refractivity contribution in [3.05, 3.63) is 0 Å². The van der Waals surface area contributed by atoms with Gasteiger partial charge in [0.2, 0.25) is 5.91 Å². The summed E-state index contributed by atoms with van der Waals surface area (Å²) in [5.41, 5.74) is 0. The molecule has 0 aromatic rings. The number of hydrogen-bond acceptors (Lipinski definition) is 3. The second kappa shape index (κ2) is 6.86. The molecule has 1 aliphatic carbocycles. The van der Waals surface area contributed by atoms with Crippen molar-refractivity contribution in [1.82, 2.24) is 5.32 Å². The van der Waals surface area contributed by atoms with Crippen LogP contribution < -0.4 is 5.32 Å². The average Bonchev–Trinajstić information content (AvgIpc) is 3.08. The largest absolute Gasteiger partial charge is 0.396 e. The van der Waals surface area contributed by atoms with E-state index in [0.717, 1.165) is 6.42 Å². The predicted molar refractivity (Wildman–Crippen MR) is 62.0 cm³/mol. The molecule has 0 bridgehead atoms. The molecule has 0 heterocycles. The molecule has 1 rings (SSSR count). The van der Waals surface area contributed by atoms with E-state index in [4.69, 9.17) is 9.84 Å². The lowest BCUT2D eigenvalue weighted by molar-refractivity contribution is -0.126. The molecule has 0 spiro atoms. The fraction of sp³-hybridized carbons (Fsp3) is 0.917. The van der Waals surface area contributed by atoms with Crippen molar-refractivity contribution in [1.29, 1.82) is 0 Å².